The van der Waals surface area contributed by atoms with Crippen LogP contribution in [0.25, 0.3) is 10.9 Å². The maximum atomic E-state index is 5.90. The first-order valence-corrected chi connectivity index (χ1v) is 5.27. The third kappa shape index (κ3) is 1.47. The average Bonchev–Trinajstić information content (AvgIpc) is 2.32. The number of rotatable bonds is 0. The maximum Gasteiger partial charge on any atom is 0.0613 e. The van der Waals surface area contributed by atoms with Gasteiger partial charge in [0.2, 0.25) is 0 Å². The van der Waals surface area contributed by atoms with Crippen LogP contribution in [0, 0.1) is 6.92 Å². The van der Waals surface area contributed by atoms with Crippen molar-refractivity contribution < 1.29 is 0 Å². The van der Waals surface area contributed by atoms with Gasteiger partial charge in [-0.1, -0.05) is 23.2 Å². The van der Waals surface area contributed by atoms with E-state index in [1.165, 1.54) is 0 Å². The molecule has 0 atom stereocenters. The van der Waals surface area contributed by atoms with Gasteiger partial charge >= 0.3 is 0 Å². The van der Waals surface area contributed by atoms with Gasteiger partial charge in [0.1, 0.15) is 0 Å². The number of nitrogens with one attached hydrogen (secondary N) is 1. The predicted octanol–water partition coefficient (Wildman–Crippen LogP) is 4.55. The zero-order valence-electron chi connectivity index (χ0n) is 6.79. The molecule has 0 saturated carbocycles. The molecule has 0 saturated heterocycles. The van der Waals surface area contributed by atoms with Crippen molar-refractivity contribution in [1.29, 1.82) is 0 Å². The Bertz CT molecular complexity index is 476. The minimum absolute atomic E-state index is 0.572. The highest BCUT2D eigenvalue weighted by molar-refractivity contribution is 9.10. The summed E-state index contributed by atoms with van der Waals surface area (Å²) in [6.07, 6.45) is 0. The smallest absolute Gasteiger partial charge is 0.0613 e. The van der Waals surface area contributed by atoms with E-state index >= 15 is 0 Å². The number of aromatic amines is 1. The Hall–Kier alpha value is -0.180. The van der Waals surface area contributed by atoms with Gasteiger partial charge in [0, 0.05) is 21.1 Å². The molecule has 2 aromatic rings. The molecule has 13 heavy (non-hydrogen) atoms. The Labute approximate surface area is 94.2 Å². The van der Waals surface area contributed by atoms with Crippen LogP contribution in [0.5, 0.6) is 0 Å². The lowest BCUT2D eigenvalue weighted by Gasteiger charge is -1.95. The van der Waals surface area contributed by atoms with Crippen molar-refractivity contribution in [3.8, 4) is 0 Å². The Morgan fingerprint density at radius 2 is 1.85 bits per heavy atom. The monoisotopic (exact) mass is 277 g/mol. The predicted molar refractivity (Wildman–Crippen MR) is 60.8 cm³/mol. The van der Waals surface area contributed by atoms with Gasteiger partial charge in [-0.05, 0) is 35.0 Å². The minimum Gasteiger partial charge on any atom is -0.358 e. The molecular formula is C9H6BrCl2N. The first-order chi connectivity index (χ1) is 6.09. The molecule has 1 nitrogen and oxygen atoms in total. The third-order valence-electron chi connectivity index (χ3n) is 1.95. The van der Waals surface area contributed by atoms with E-state index in [-0.39, 0.29) is 0 Å². The molecule has 0 aliphatic carbocycles. The van der Waals surface area contributed by atoms with Crippen molar-refractivity contribution in [3.05, 3.63) is 32.3 Å². The summed E-state index contributed by atoms with van der Waals surface area (Å²) in [6, 6.07) is 3.68. The van der Waals surface area contributed by atoms with Crippen LogP contribution in [0.15, 0.2) is 16.6 Å². The molecule has 0 bridgehead atoms. The van der Waals surface area contributed by atoms with Crippen LogP contribution in [0.2, 0.25) is 10.0 Å². The molecule has 1 aromatic carbocycles. The van der Waals surface area contributed by atoms with Crippen molar-refractivity contribution in [2.45, 2.75) is 6.92 Å². The second-order valence-corrected chi connectivity index (χ2v) is 4.48. The zero-order valence-corrected chi connectivity index (χ0v) is 9.89. The number of aryl methyl sites for hydroxylation is 1. The highest BCUT2D eigenvalue weighted by atomic mass is 79.9. The van der Waals surface area contributed by atoms with Gasteiger partial charge in [-0.2, -0.15) is 0 Å². The standard InChI is InChI=1S/C9H6BrCl2N/c1-4-9(10)5-2-6(11)7(12)3-8(5)13-4/h2-3,13H,1H3. The summed E-state index contributed by atoms with van der Waals surface area (Å²) in [5, 5.41) is 2.21. The first-order valence-electron chi connectivity index (χ1n) is 3.72. The molecule has 0 aliphatic rings. The van der Waals surface area contributed by atoms with E-state index in [0.717, 1.165) is 21.1 Å². The van der Waals surface area contributed by atoms with Crippen LogP contribution >= 0.6 is 39.1 Å². The lowest BCUT2D eigenvalue weighted by Crippen LogP contribution is -1.70. The number of hydrogen-bond donors (Lipinski definition) is 1. The number of H-pyrrole nitrogens is 1. The molecule has 1 aromatic heterocycles. The number of benzene rings is 1. The minimum atomic E-state index is 0.572. The van der Waals surface area contributed by atoms with Gasteiger partial charge in [-0.15, -0.1) is 0 Å². The maximum absolute atomic E-state index is 5.90. The number of fused-ring (bicyclic) bond motifs is 1. The Morgan fingerprint density at radius 3 is 2.54 bits per heavy atom. The molecule has 0 fully saturated rings. The fourth-order valence-corrected chi connectivity index (χ4v) is 2.05. The van der Waals surface area contributed by atoms with Crippen LogP contribution in [-0.4, -0.2) is 4.98 Å². The molecule has 1 N–H and O–H groups in total. The summed E-state index contributed by atoms with van der Waals surface area (Å²) in [5.74, 6) is 0. The molecule has 0 unspecified atom stereocenters. The fraction of sp³-hybridized carbons (Fsp3) is 0.111. The topological polar surface area (TPSA) is 15.8 Å². The van der Waals surface area contributed by atoms with Crippen molar-refractivity contribution in [1.82, 2.24) is 4.98 Å². The molecule has 0 spiro atoms. The molecule has 4 heteroatoms. The number of aromatic nitrogens is 1. The van der Waals surface area contributed by atoms with E-state index in [9.17, 15) is 0 Å². The van der Waals surface area contributed by atoms with Crippen molar-refractivity contribution in [2.24, 2.45) is 0 Å². The molecule has 0 amide bonds. The molecule has 2 rings (SSSR count). The van der Waals surface area contributed by atoms with E-state index in [1.807, 2.05) is 19.1 Å². The van der Waals surface area contributed by atoms with Gasteiger partial charge < -0.3 is 4.98 Å². The summed E-state index contributed by atoms with van der Waals surface area (Å²) in [6.45, 7) is 1.99. The van der Waals surface area contributed by atoms with Gasteiger partial charge in [0.15, 0.2) is 0 Å². The normalized spacial score (nSPS) is 11.1. The van der Waals surface area contributed by atoms with Gasteiger partial charge in [-0.25, -0.2) is 0 Å². The van der Waals surface area contributed by atoms with E-state index in [1.54, 1.807) is 0 Å². The van der Waals surface area contributed by atoms with E-state index < -0.39 is 0 Å². The number of hydrogen-bond acceptors (Lipinski definition) is 0. The van der Waals surface area contributed by atoms with Crippen LogP contribution in [0.4, 0.5) is 0 Å². The fourth-order valence-electron chi connectivity index (χ4n) is 1.29. The Kier molecular flexibility index (Phi) is 2.30. The summed E-state index contributed by atoms with van der Waals surface area (Å²) < 4.78 is 1.04. The van der Waals surface area contributed by atoms with Crippen LogP contribution in [-0.2, 0) is 0 Å². The van der Waals surface area contributed by atoms with E-state index in [0.29, 0.717) is 10.0 Å². The average molecular weight is 279 g/mol. The largest absolute Gasteiger partial charge is 0.358 e. The zero-order chi connectivity index (χ0) is 9.59. The lowest BCUT2D eigenvalue weighted by molar-refractivity contribution is 1.28. The number of halogens is 3. The van der Waals surface area contributed by atoms with E-state index in [4.69, 9.17) is 23.2 Å². The van der Waals surface area contributed by atoms with Crippen LogP contribution < -0.4 is 0 Å². The SMILES string of the molecule is Cc1[nH]c2cc(Cl)c(Cl)cc2c1Br. The highest BCUT2D eigenvalue weighted by Gasteiger charge is 2.08. The Morgan fingerprint density at radius 1 is 1.23 bits per heavy atom. The summed E-state index contributed by atoms with van der Waals surface area (Å²) >= 11 is 15.3. The van der Waals surface area contributed by atoms with Crippen LogP contribution in [0.3, 0.4) is 0 Å². The highest BCUT2D eigenvalue weighted by Crippen LogP contribution is 2.33. The van der Waals surface area contributed by atoms with Gasteiger partial charge in [0.05, 0.1) is 10.0 Å². The molecule has 0 aliphatic heterocycles. The van der Waals surface area contributed by atoms with Gasteiger partial charge in [-0.3, -0.25) is 0 Å². The second-order valence-electron chi connectivity index (χ2n) is 2.88. The molecular weight excluding hydrogens is 273 g/mol. The second kappa shape index (κ2) is 3.19. The molecule has 0 radical (unpaired) electrons. The van der Waals surface area contributed by atoms with Crippen molar-refractivity contribution in [3.63, 3.8) is 0 Å². The van der Waals surface area contributed by atoms with Crippen molar-refractivity contribution in [2.75, 3.05) is 0 Å². The summed E-state index contributed by atoms with van der Waals surface area (Å²) in [4.78, 5) is 3.20. The quantitative estimate of drug-likeness (QED) is 0.728. The Balaban J connectivity index is 2.89. The first kappa shape index (κ1) is 9.38. The third-order valence-corrected chi connectivity index (χ3v) is 3.69. The van der Waals surface area contributed by atoms with E-state index in [2.05, 4.69) is 20.9 Å². The van der Waals surface area contributed by atoms with Crippen molar-refractivity contribution >= 4 is 50.0 Å². The lowest BCUT2D eigenvalue weighted by atomic mass is 10.2. The van der Waals surface area contributed by atoms with Crippen LogP contribution in [0.1, 0.15) is 5.69 Å². The van der Waals surface area contributed by atoms with Gasteiger partial charge in [0.25, 0.3) is 0 Å². The molecule has 68 valence electrons. The summed E-state index contributed by atoms with van der Waals surface area (Å²) in [5.41, 5.74) is 2.08. The molecule has 1 heterocycles. The summed E-state index contributed by atoms with van der Waals surface area (Å²) in [7, 11) is 0.